The van der Waals surface area contributed by atoms with Crippen molar-refractivity contribution < 1.29 is 24.9 Å². The molecule has 3 N–H and O–H groups in total. The van der Waals surface area contributed by atoms with Gasteiger partial charge in [0, 0.05) is 39.1 Å². The Morgan fingerprint density at radius 3 is 2.56 bits per heavy atom. The molecule has 2 heterocycles. The Hall–Kier alpha value is -1.38. The summed E-state index contributed by atoms with van der Waals surface area (Å²) in [7, 11) is 0. The Morgan fingerprint density at radius 1 is 1.20 bits per heavy atom. The quantitative estimate of drug-likeness (QED) is 0.631. The van der Waals surface area contributed by atoms with Gasteiger partial charge in [0.2, 0.25) is 5.91 Å². The van der Waals surface area contributed by atoms with Crippen molar-refractivity contribution in [2.75, 3.05) is 45.9 Å². The van der Waals surface area contributed by atoms with Gasteiger partial charge in [-0.1, -0.05) is 0 Å². The monoisotopic (exact) mass is 355 g/mol. The topological polar surface area (TPSA) is 105 Å². The summed E-state index contributed by atoms with van der Waals surface area (Å²) in [5.74, 6) is -0.0987. The van der Waals surface area contributed by atoms with E-state index in [2.05, 4.69) is 4.90 Å². The third kappa shape index (κ3) is 4.07. The second kappa shape index (κ2) is 7.47. The van der Waals surface area contributed by atoms with E-state index in [-0.39, 0.29) is 49.6 Å². The fourth-order valence-corrected chi connectivity index (χ4v) is 4.12. The van der Waals surface area contributed by atoms with Crippen LogP contribution in [0.3, 0.4) is 0 Å². The number of nitrogens with zero attached hydrogens (tertiary/aromatic N) is 3. The van der Waals surface area contributed by atoms with Crippen molar-refractivity contribution in [3.8, 4) is 0 Å². The predicted octanol–water partition coefficient (Wildman–Crippen LogP) is -0.203. The van der Waals surface area contributed by atoms with Gasteiger partial charge in [-0.05, 0) is 37.6 Å². The van der Waals surface area contributed by atoms with Crippen molar-refractivity contribution in [3.63, 3.8) is 0 Å². The number of amides is 2. The summed E-state index contributed by atoms with van der Waals surface area (Å²) in [6.07, 6.45) is 2.80. The van der Waals surface area contributed by atoms with Crippen molar-refractivity contribution in [2.24, 2.45) is 5.41 Å². The molecule has 1 aliphatic carbocycles. The molecule has 0 aromatic rings. The number of carbonyl (C=O) groups is 2. The van der Waals surface area contributed by atoms with E-state index in [9.17, 15) is 19.8 Å². The molecular formula is C17H29N3O5. The Kier molecular flexibility index (Phi) is 5.50. The number of piperidine rings is 1. The number of carbonyl (C=O) groups excluding carboxylic acids is 1. The molecule has 0 bridgehead atoms. The second-order valence-corrected chi connectivity index (χ2v) is 7.66. The first-order valence-corrected chi connectivity index (χ1v) is 9.24. The van der Waals surface area contributed by atoms with E-state index in [0.717, 1.165) is 32.4 Å². The Morgan fingerprint density at radius 2 is 1.96 bits per heavy atom. The number of hydrogen-bond donors (Lipinski definition) is 3. The van der Waals surface area contributed by atoms with E-state index >= 15 is 0 Å². The van der Waals surface area contributed by atoms with Crippen molar-refractivity contribution in [2.45, 2.75) is 44.2 Å². The summed E-state index contributed by atoms with van der Waals surface area (Å²) >= 11 is 0. The van der Waals surface area contributed by atoms with Crippen molar-refractivity contribution in [3.05, 3.63) is 0 Å². The van der Waals surface area contributed by atoms with Crippen molar-refractivity contribution in [1.82, 2.24) is 14.7 Å². The average molecular weight is 355 g/mol. The van der Waals surface area contributed by atoms with Gasteiger partial charge in [-0.3, -0.25) is 4.79 Å². The van der Waals surface area contributed by atoms with Gasteiger partial charge >= 0.3 is 6.09 Å². The molecule has 1 saturated carbocycles. The van der Waals surface area contributed by atoms with Gasteiger partial charge in [0.1, 0.15) is 0 Å². The van der Waals surface area contributed by atoms with Crippen LogP contribution >= 0.6 is 0 Å². The fraction of sp³-hybridized carbons (Fsp3) is 0.882. The number of rotatable bonds is 5. The lowest BCUT2D eigenvalue weighted by Gasteiger charge is -2.38. The number of β-amino-alcohol motifs (C(OH)–C–C–N with tert-alkyl or cyclic N) is 1. The molecule has 0 radical (unpaired) electrons. The number of aliphatic hydroxyl groups is 2. The minimum atomic E-state index is -1.01. The first kappa shape index (κ1) is 18.4. The average Bonchev–Trinajstić information content (AvgIpc) is 3.38. The van der Waals surface area contributed by atoms with Crippen LogP contribution in [0.5, 0.6) is 0 Å². The molecule has 2 atom stereocenters. The molecule has 2 amide bonds. The van der Waals surface area contributed by atoms with Crippen LogP contribution in [0.25, 0.3) is 0 Å². The van der Waals surface area contributed by atoms with E-state index < -0.39 is 6.09 Å². The van der Waals surface area contributed by atoms with Crippen LogP contribution in [-0.4, -0.2) is 100 Å². The van der Waals surface area contributed by atoms with E-state index in [1.165, 1.54) is 4.90 Å². The van der Waals surface area contributed by atoms with Crippen LogP contribution in [0.1, 0.15) is 32.1 Å². The molecule has 1 spiro atoms. The van der Waals surface area contributed by atoms with Crippen molar-refractivity contribution >= 4 is 12.0 Å². The van der Waals surface area contributed by atoms with Crippen LogP contribution in [0.4, 0.5) is 4.79 Å². The highest BCUT2D eigenvalue weighted by Gasteiger charge is 2.51. The zero-order valence-corrected chi connectivity index (χ0v) is 14.6. The third-order valence-corrected chi connectivity index (χ3v) is 6.18. The maximum atomic E-state index is 12.3. The maximum Gasteiger partial charge on any atom is 0.407 e. The molecule has 2 aliphatic heterocycles. The van der Waals surface area contributed by atoms with Gasteiger partial charge in [-0.25, -0.2) is 4.79 Å². The summed E-state index contributed by atoms with van der Waals surface area (Å²) < 4.78 is 0. The summed E-state index contributed by atoms with van der Waals surface area (Å²) in [5.41, 5.74) is 0.175. The molecule has 3 aliphatic rings. The van der Waals surface area contributed by atoms with Crippen LogP contribution in [0, 0.1) is 5.41 Å². The molecule has 25 heavy (non-hydrogen) atoms. The molecule has 0 aromatic carbocycles. The Balaban J connectivity index is 1.51. The highest BCUT2D eigenvalue weighted by atomic mass is 16.4. The van der Waals surface area contributed by atoms with Gasteiger partial charge in [-0.15, -0.1) is 0 Å². The summed E-state index contributed by atoms with van der Waals surface area (Å²) in [6.45, 7) is 3.03. The fourth-order valence-electron chi connectivity index (χ4n) is 4.12. The molecule has 142 valence electrons. The Labute approximate surface area is 148 Å². The van der Waals surface area contributed by atoms with Gasteiger partial charge < -0.3 is 30.0 Å². The molecule has 8 heteroatoms. The van der Waals surface area contributed by atoms with Crippen LogP contribution in [0.2, 0.25) is 0 Å². The lowest BCUT2D eigenvalue weighted by molar-refractivity contribution is -0.133. The highest BCUT2D eigenvalue weighted by molar-refractivity contribution is 5.78. The number of carboxylic acid groups (broad SMARTS) is 1. The number of aliphatic hydroxyl groups excluding tert-OH is 2. The normalized spacial score (nSPS) is 28.1. The molecule has 0 aromatic heterocycles. The molecular weight excluding hydrogens is 326 g/mol. The lowest BCUT2D eigenvalue weighted by Crippen LogP contribution is -2.48. The molecule has 8 nitrogen and oxygen atoms in total. The second-order valence-electron chi connectivity index (χ2n) is 7.66. The number of hydrogen-bond acceptors (Lipinski definition) is 5. The van der Waals surface area contributed by atoms with Gasteiger partial charge in [0.15, 0.2) is 0 Å². The number of likely N-dealkylation sites (tertiary alicyclic amines) is 1. The van der Waals surface area contributed by atoms with E-state index in [4.69, 9.17) is 5.11 Å². The van der Waals surface area contributed by atoms with Gasteiger partial charge in [0.25, 0.3) is 0 Å². The van der Waals surface area contributed by atoms with E-state index in [1.54, 1.807) is 4.90 Å². The van der Waals surface area contributed by atoms with Crippen LogP contribution in [-0.2, 0) is 4.79 Å². The summed E-state index contributed by atoms with van der Waals surface area (Å²) in [5, 5.41) is 29.1. The molecule has 2 saturated heterocycles. The van der Waals surface area contributed by atoms with E-state index in [1.807, 2.05) is 0 Å². The SMILES string of the molecule is O=C(O)N1CCC(=O)N(C(CO)CCN2CCC3(CC3)C(O)C2)CC1. The zero-order valence-electron chi connectivity index (χ0n) is 14.6. The lowest BCUT2D eigenvalue weighted by atomic mass is 9.90. The zero-order chi connectivity index (χ0) is 18.0. The molecule has 2 unspecified atom stereocenters. The maximum absolute atomic E-state index is 12.3. The Bertz CT molecular complexity index is 511. The van der Waals surface area contributed by atoms with Gasteiger partial charge in [-0.2, -0.15) is 0 Å². The minimum absolute atomic E-state index is 0.0987. The summed E-state index contributed by atoms with van der Waals surface area (Å²) in [4.78, 5) is 28.5. The molecule has 3 fully saturated rings. The van der Waals surface area contributed by atoms with Crippen LogP contribution < -0.4 is 0 Å². The van der Waals surface area contributed by atoms with Gasteiger partial charge in [0.05, 0.1) is 18.8 Å². The van der Waals surface area contributed by atoms with Crippen LogP contribution in [0.15, 0.2) is 0 Å². The minimum Gasteiger partial charge on any atom is -0.465 e. The highest BCUT2D eigenvalue weighted by Crippen LogP contribution is 2.53. The third-order valence-electron chi connectivity index (χ3n) is 6.18. The first-order valence-electron chi connectivity index (χ1n) is 9.24. The predicted molar refractivity (Wildman–Crippen MR) is 90.1 cm³/mol. The standard InChI is InChI=1S/C17H29N3O5/c21-12-13(20-10-9-19(16(24)25)7-2-15(20)23)1-6-18-8-5-17(3-4-17)14(22)11-18/h13-14,21-22H,1-12H2,(H,24,25). The molecule has 3 rings (SSSR count). The summed E-state index contributed by atoms with van der Waals surface area (Å²) in [6, 6.07) is -0.296. The van der Waals surface area contributed by atoms with Crippen molar-refractivity contribution in [1.29, 1.82) is 0 Å². The largest absolute Gasteiger partial charge is 0.465 e. The smallest absolute Gasteiger partial charge is 0.407 e. The van der Waals surface area contributed by atoms with E-state index in [0.29, 0.717) is 19.5 Å². The first-order chi connectivity index (χ1) is 11.9.